The summed E-state index contributed by atoms with van der Waals surface area (Å²) in [5.74, 6) is 0.462. The third kappa shape index (κ3) is 3.76. The Morgan fingerprint density at radius 3 is 2.55 bits per heavy atom. The molecule has 0 saturated heterocycles. The second-order valence-corrected chi connectivity index (χ2v) is 7.85. The number of nitrogens with one attached hydrogen (secondary N) is 1. The number of benzene rings is 1. The van der Waals surface area contributed by atoms with Crippen molar-refractivity contribution in [3.8, 4) is 5.75 Å². The van der Waals surface area contributed by atoms with Crippen LogP contribution in [0.5, 0.6) is 5.75 Å². The summed E-state index contributed by atoms with van der Waals surface area (Å²) < 4.78 is 34.6. The number of rotatable bonds is 6. The molecule has 0 saturated carbocycles. The van der Waals surface area contributed by atoms with Gasteiger partial charge >= 0.3 is 0 Å². The fourth-order valence-electron chi connectivity index (χ4n) is 2.50. The Labute approximate surface area is 146 Å². The lowest BCUT2D eigenvalue weighted by Crippen LogP contribution is -2.52. The molecule has 22 heavy (non-hydrogen) atoms. The number of ether oxygens (including phenoxy) is 1. The molecule has 0 aliphatic carbocycles. The van der Waals surface area contributed by atoms with Crippen LogP contribution in [0.3, 0.4) is 0 Å². The monoisotopic (exact) mass is 412 g/mol. The van der Waals surface area contributed by atoms with Crippen molar-refractivity contribution in [3.05, 3.63) is 22.2 Å². The normalized spacial score (nSPS) is 14.2. The standard InChI is InChI=1S/C14H21BrN2O3S.ClH/c1-3-14(4-2,9-16)17-21(18,19)12-8-11(15)7-10-5-6-20-13(10)12;/h7-8,17H,3-6,9,16H2,1-2H3;1H. The quantitative estimate of drug-likeness (QED) is 0.751. The first kappa shape index (κ1) is 19.7. The first-order valence-corrected chi connectivity index (χ1v) is 9.34. The van der Waals surface area contributed by atoms with E-state index in [1.54, 1.807) is 6.07 Å². The second kappa shape index (κ2) is 7.49. The number of hydrogen-bond donors (Lipinski definition) is 2. The van der Waals surface area contributed by atoms with Crippen molar-refractivity contribution < 1.29 is 13.2 Å². The van der Waals surface area contributed by atoms with Gasteiger partial charge in [-0.25, -0.2) is 13.1 Å². The minimum absolute atomic E-state index is 0. The van der Waals surface area contributed by atoms with Crippen molar-refractivity contribution in [1.29, 1.82) is 0 Å². The summed E-state index contributed by atoms with van der Waals surface area (Å²) in [6, 6.07) is 3.48. The van der Waals surface area contributed by atoms with Crippen LogP contribution in [-0.2, 0) is 16.4 Å². The maximum Gasteiger partial charge on any atom is 0.244 e. The van der Waals surface area contributed by atoms with Gasteiger partial charge in [-0.1, -0.05) is 29.8 Å². The number of hydrogen-bond acceptors (Lipinski definition) is 4. The van der Waals surface area contributed by atoms with Crippen LogP contribution in [-0.4, -0.2) is 27.1 Å². The van der Waals surface area contributed by atoms with Gasteiger partial charge in [-0.2, -0.15) is 0 Å². The Kier molecular flexibility index (Phi) is 6.71. The molecule has 2 rings (SSSR count). The topological polar surface area (TPSA) is 81.4 Å². The van der Waals surface area contributed by atoms with Crippen molar-refractivity contribution in [2.24, 2.45) is 5.73 Å². The third-order valence-corrected chi connectivity index (χ3v) is 6.14. The van der Waals surface area contributed by atoms with Crippen LogP contribution in [0.15, 0.2) is 21.5 Å². The van der Waals surface area contributed by atoms with Crippen LogP contribution in [0.25, 0.3) is 0 Å². The molecule has 0 fully saturated rings. The Hall–Kier alpha value is -0.340. The minimum Gasteiger partial charge on any atom is -0.492 e. The molecule has 3 N–H and O–H groups in total. The number of halogens is 2. The number of sulfonamides is 1. The summed E-state index contributed by atoms with van der Waals surface area (Å²) in [6.07, 6.45) is 1.99. The maximum atomic E-state index is 12.8. The Morgan fingerprint density at radius 2 is 2.00 bits per heavy atom. The summed E-state index contributed by atoms with van der Waals surface area (Å²) in [5.41, 5.74) is 6.08. The van der Waals surface area contributed by atoms with E-state index in [4.69, 9.17) is 10.5 Å². The molecule has 1 aliphatic heterocycles. The molecule has 0 bridgehead atoms. The highest BCUT2D eigenvalue weighted by atomic mass is 79.9. The van der Waals surface area contributed by atoms with E-state index in [1.165, 1.54) is 0 Å². The van der Waals surface area contributed by atoms with Crippen LogP contribution >= 0.6 is 28.3 Å². The molecule has 5 nitrogen and oxygen atoms in total. The highest BCUT2D eigenvalue weighted by Crippen LogP contribution is 2.36. The van der Waals surface area contributed by atoms with Gasteiger partial charge in [-0.15, -0.1) is 12.4 Å². The summed E-state index contributed by atoms with van der Waals surface area (Å²) in [5, 5.41) is 0. The smallest absolute Gasteiger partial charge is 0.244 e. The summed E-state index contributed by atoms with van der Waals surface area (Å²) in [4.78, 5) is 0.184. The average Bonchev–Trinajstić information content (AvgIpc) is 2.92. The summed E-state index contributed by atoms with van der Waals surface area (Å²) in [7, 11) is -3.69. The van der Waals surface area contributed by atoms with Crippen LogP contribution in [0.4, 0.5) is 0 Å². The largest absolute Gasteiger partial charge is 0.492 e. The fourth-order valence-corrected chi connectivity index (χ4v) is 4.92. The van der Waals surface area contributed by atoms with Crippen LogP contribution < -0.4 is 15.2 Å². The molecule has 126 valence electrons. The van der Waals surface area contributed by atoms with Gasteiger partial charge in [0.05, 0.1) is 6.61 Å². The van der Waals surface area contributed by atoms with Gasteiger partial charge in [-0.05, 0) is 25.0 Å². The molecular formula is C14H22BrClN2O3S. The van der Waals surface area contributed by atoms with Crippen molar-refractivity contribution >= 4 is 38.4 Å². The Morgan fingerprint density at radius 1 is 1.36 bits per heavy atom. The van der Waals surface area contributed by atoms with Gasteiger partial charge in [0.25, 0.3) is 0 Å². The highest BCUT2D eigenvalue weighted by molar-refractivity contribution is 9.10. The Balaban J connectivity index is 0.00000242. The van der Waals surface area contributed by atoms with E-state index in [1.807, 2.05) is 19.9 Å². The lowest BCUT2D eigenvalue weighted by molar-refractivity contribution is 0.344. The highest BCUT2D eigenvalue weighted by Gasteiger charge is 2.34. The number of nitrogens with two attached hydrogens (primary N) is 1. The van der Waals surface area contributed by atoms with Gasteiger partial charge in [0.15, 0.2) is 0 Å². The van der Waals surface area contributed by atoms with E-state index in [2.05, 4.69) is 20.7 Å². The van der Waals surface area contributed by atoms with E-state index < -0.39 is 15.6 Å². The molecule has 8 heteroatoms. The van der Waals surface area contributed by atoms with Gasteiger partial charge in [0.2, 0.25) is 10.0 Å². The van der Waals surface area contributed by atoms with Crippen molar-refractivity contribution in [2.75, 3.05) is 13.2 Å². The van der Waals surface area contributed by atoms with Gasteiger partial charge in [-0.3, -0.25) is 0 Å². The first-order valence-electron chi connectivity index (χ1n) is 7.06. The molecule has 0 radical (unpaired) electrons. The lowest BCUT2D eigenvalue weighted by atomic mass is 9.95. The Bertz CT molecular complexity index is 625. The zero-order chi connectivity index (χ0) is 15.7. The van der Waals surface area contributed by atoms with E-state index in [-0.39, 0.29) is 23.8 Å². The van der Waals surface area contributed by atoms with Gasteiger partial charge in [0.1, 0.15) is 10.6 Å². The molecule has 0 spiro atoms. The molecule has 1 aromatic rings. The molecule has 0 unspecified atom stereocenters. The van der Waals surface area contributed by atoms with E-state index in [9.17, 15) is 8.42 Å². The van der Waals surface area contributed by atoms with Crippen LogP contribution in [0.1, 0.15) is 32.3 Å². The van der Waals surface area contributed by atoms with E-state index in [0.29, 0.717) is 25.2 Å². The van der Waals surface area contributed by atoms with Gasteiger partial charge in [0, 0.05) is 28.5 Å². The summed E-state index contributed by atoms with van der Waals surface area (Å²) >= 11 is 3.37. The van der Waals surface area contributed by atoms with Crippen molar-refractivity contribution in [3.63, 3.8) is 0 Å². The SMILES string of the molecule is CCC(CC)(CN)NS(=O)(=O)c1cc(Br)cc2c1OCC2.Cl. The number of fused-ring (bicyclic) bond motifs is 1. The van der Waals surface area contributed by atoms with E-state index >= 15 is 0 Å². The molecule has 0 amide bonds. The van der Waals surface area contributed by atoms with Gasteiger partial charge < -0.3 is 10.5 Å². The van der Waals surface area contributed by atoms with Crippen LogP contribution in [0, 0.1) is 0 Å². The molecule has 0 aromatic heterocycles. The van der Waals surface area contributed by atoms with Crippen LogP contribution in [0.2, 0.25) is 0 Å². The average molecular weight is 414 g/mol. The first-order chi connectivity index (χ1) is 9.87. The molecule has 1 aromatic carbocycles. The molecule has 1 aliphatic rings. The molecular weight excluding hydrogens is 392 g/mol. The molecule has 0 atom stereocenters. The van der Waals surface area contributed by atoms with Crippen molar-refractivity contribution in [2.45, 2.75) is 43.5 Å². The fraction of sp³-hybridized carbons (Fsp3) is 0.571. The predicted octanol–water partition coefficient (Wildman–Crippen LogP) is 2.60. The van der Waals surface area contributed by atoms with E-state index in [0.717, 1.165) is 16.5 Å². The zero-order valence-corrected chi connectivity index (χ0v) is 15.9. The predicted molar refractivity (Wildman–Crippen MR) is 93.3 cm³/mol. The lowest BCUT2D eigenvalue weighted by Gasteiger charge is -2.31. The second-order valence-electron chi connectivity index (χ2n) is 5.29. The summed E-state index contributed by atoms with van der Waals surface area (Å²) in [6.45, 7) is 4.63. The maximum absolute atomic E-state index is 12.8. The minimum atomic E-state index is -3.69. The van der Waals surface area contributed by atoms with Crippen molar-refractivity contribution in [1.82, 2.24) is 4.72 Å². The third-order valence-electron chi connectivity index (χ3n) is 4.10. The zero-order valence-electron chi connectivity index (χ0n) is 12.7. The molecule has 1 heterocycles.